The zero-order chi connectivity index (χ0) is 15.1. The highest BCUT2D eigenvalue weighted by Gasteiger charge is 2.21. The summed E-state index contributed by atoms with van der Waals surface area (Å²) in [4.78, 5) is 16.4. The Kier molecular flexibility index (Phi) is 6.47. The maximum absolute atomic E-state index is 12.5. The van der Waals surface area contributed by atoms with Gasteiger partial charge < -0.3 is 20.3 Å². The van der Waals surface area contributed by atoms with Crippen molar-refractivity contribution in [1.82, 2.24) is 19.6 Å². The van der Waals surface area contributed by atoms with Gasteiger partial charge in [-0.1, -0.05) is 0 Å². The molecule has 0 unspecified atom stereocenters. The van der Waals surface area contributed by atoms with Crippen LogP contribution in [-0.2, 0) is 11.8 Å². The molecule has 2 N–H and O–H groups in total. The Morgan fingerprint density at radius 2 is 2.10 bits per heavy atom. The summed E-state index contributed by atoms with van der Waals surface area (Å²) in [6, 6.07) is 0. The van der Waals surface area contributed by atoms with Gasteiger partial charge in [0.05, 0.1) is 18.5 Å². The second-order valence-corrected chi connectivity index (χ2v) is 5.01. The molecule has 0 aliphatic carbocycles. The van der Waals surface area contributed by atoms with Crippen molar-refractivity contribution in [2.24, 2.45) is 7.05 Å². The standard InChI is InChI=1S/C13H25N5O2/c1-16(2)6-5-7-18(8-9-20-4)13(19)12-11(14)10-15-17(12)3/h10H,5-9,14H2,1-4H3. The minimum atomic E-state index is -0.0988. The summed E-state index contributed by atoms with van der Waals surface area (Å²) in [7, 11) is 7.37. The number of nitrogen functional groups attached to an aromatic ring is 1. The number of carbonyl (C=O) groups is 1. The first-order chi connectivity index (χ1) is 9.47. The maximum Gasteiger partial charge on any atom is 0.274 e. The monoisotopic (exact) mass is 283 g/mol. The van der Waals surface area contributed by atoms with Crippen LogP contribution in [0.2, 0.25) is 0 Å². The highest BCUT2D eigenvalue weighted by atomic mass is 16.5. The highest BCUT2D eigenvalue weighted by molar-refractivity contribution is 5.97. The lowest BCUT2D eigenvalue weighted by molar-refractivity contribution is 0.0679. The van der Waals surface area contributed by atoms with Crippen LogP contribution in [-0.4, -0.2) is 72.9 Å². The molecule has 0 saturated carbocycles. The van der Waals surface area contributed by atoms with E-state index in [9.17, 15) is 4.79 Å². The average molecular weight is 283 g/mol. The van der Waals surface area contributed by atoms with E-state index in [0.717, 1.165) is 13.0 Å². The second kappa shape index (κ2) is 7.86. The molecule has 1 heterocycles. The maximum atomic E-state index is 12.5. The van der Waals surface area contributed by atoms with Gasteiger partial charge in [-0.05, 0) is 27.1 Å². The molecule has 1 rings (SSSR count). The molecule has 0 bridgehead atoms. The van der Waals surface area contributed by atoms with Crippen LogP contribution >= 0.6 is 0 Å². The molecular weight excluding hydrogens is 258 g/mol. The number of aromatic nitrogens is 2. The summed E-state index contributed by atoms with van der Waals surface area (Å²) in [5, 5.41) is 4.01. The number of rotatable bonds is 8. The summed E-state index contributed by atoms with van der Waals surface area (Å²) in [5.74, 6) is -0.0988. The Morgan fingerprint density at radius 3 is 2.60 bits per heavy atom. The number of ether oxygens (including phenoxy) is 1. The molecule has 0 spiro atoms. The van der Waals surface area contributed by atoms with E-state index < -0.39 is 0 Å². The van der Waals surface area contributed by atoms with Gasteiger partial charge in [-0.2, -0.15) is 5.10 Å². The normalized spacial score (nSPS) is 11.1. The number of methoxy groups -OCH3 is 1. The van der Waals surface area contributed by atoms with Crippen molar-refractivity contribution in [3.63, 3.8) is 0 Å². The number of amides is 1. The molecule has 0 atom stereocenters. The second-order valence-electron chi connectivity index (χ2n) is 5.01. The summed E-state index contributed by atoms with van der Waals surface area (Å²) in [6.45, 7) is 2.65. The molecule has 0 radical (unpaired) electrons. The SMILES string of the molecule is COCCN(CCCN(C)C)C(=O)c1c(N)cnn1C. The van der Waals surface area contributed by atoms with E-state index in [2.05, 4.69) is 10.00 Å². The summed E-state index contributed by atoms with van der Waals surface area (Å²) in [5.41, 5.74) is 6.66. The van der Waals surface area contributed by atoms with E-state index in [1.165, 1.54) is 10.9 Å². The molecule has 1 aromatic heterocycles. The molecule has 20 heavy (non-hydrogen) atoms. The van der Waals surface area contributed by atoms with Crippen LogP contribution in [0.15, 0.2) is 6.20 Å². The Morgan fingerprint density at radius 1 is 1.40 bits per heavy atom. The van der Waals surface area contributed by atoms with E-state index >= 15 is 0 Å². The van der Waals surface area contributed by atoms with Gasteiger partial charge in [0.1, 0.15) is 5.69 Å². The van der Waals surface area contributed by atoms with Gasteiger partial charge in [-0.15, -0.1) is 0 Å². The number of nitrogens with two attached hydrogens (primary N) is 1. The molecule has 7 nitrogen and oxygen atoms in total. The first kappa shape index (κ1) is 16.5. The molecule has 0 aliphatic rings. The Labute approximate surface area is 120 Å². The Hall–Kier alpha value is -1.60. The van der Waals surface area contributed by atoms with Crippen LogP contribution in [0.25, 0.3) is 0 Å². The zero-order valence-corrected chi connectivity index (χ0v) is 12.8. The number of aryl methyl sites for hydroxylation is 1. The summed E-state index contributed by atoms with van der Waals surface area (Å²) >= 11 is 0. The zero-order valence-electron chi connectivity index (χ0n) is 12.8. The van der Waals surface area contributed by atoms with Gasteiger partial charge in [-0.25, -0.2) is 0 Å². The quantitative estimate of drug-likeness (QED) is 0.729. The minimum absolute atomic E-state index is 0.0988. The van der Waals surface area contributed by atoms with Gasteiger partial charge in [0, 0.05) is 27.2 Å². The topological polar surface area (TPSA) is 76.6 Å². The molecule has 114 valence electrons. The molecule has 0 fully saturated rings. The Balaban J connectivity index is 2.73. The lowest BCUT2D eigenvalue weighted by atomic mass is 10.3. The van der Waals surface area contributed by atoms with Crippen LogP contribution in [0.4, 0.5) is 5.69 Å². The molecular formula is C13H25N5O2. The third kappa shape index (κ3) is 4.50. The molecule has 0 saturated heterocycles. The van der Waals surface area contributed by atoms with E-state index in [1.54, 1.807) is 19.1 Å². The summed E-state index contributed by atoms with van der Waals surface area (Å²) < 4.78 is 6.59. The van der Waals surface area contributed by atoms with Crippen molar-refractivity contribution >= 4 is 11.6 Å². The number of hydrogen-bond acceptors (Lipinski definition) is 5. The van der Waals surface area contributed by atoms with Crippen molar-refractivity contribution in [2.75, 3.05) is 53.2 Å². The lowest BCUT2D eigenvalue weighted by Crippen LogP contribution is -2.37. The van der Waals surface area contributed by atoms with Crippen molar-refractivity contribution < 1.29 is 9.53 Å². The minimum Gasteiger partial charge on any atom is -0.396 e. The van der Waals surface area contributed by atoms with Crippen LogP contribution in [0.3, 0.4) is 0 Å². The highest BCUT2D eigenvalue weighted by Crippen LogP contribution is 2.13. The van der Waals surface area contributed by atoms with Crippen LogP contribution in [0, 0.1) is 0 Å². The number of anilines is 1. The van der Waals surface area contributed by atoms with Crippen molar-refractivity contribution in [3.8, 4) is 0 Å². The number of hydrogen-bond donors (Lipinski definition) is 1. The van der Waals surface area contributed by atoms with Crippen LogP contribution < -0.4 is 5.73 Å². The first-order valence-corrected chi connectivity index (χ1v) is 6.67. The number of nitrogens with zero attached hydrogens (tertiary/aromatic N) is 4. The summed E-state index contributed by atoms with van der Waals surface area (Å²) in [6.07, 6.45) is 2.40. The average Bonchev–Trinajstić information content (AvgIpc) is 2.72. The predicted molar refractivity (Wildman–Crippen MR) is 78.6 cm³/mol. The van der Waals surface area contributed by atoms with Gasteiger partial charge in [0.25, 0.3) is 5.91 Å². The lowest BCUT2D eigenvalue weighted by Gasteiger charge is -2.23. The molecule has 1 amide bonds. The largest absolute Gasteiger partial charge is 0.396 e. The van der Waals surface area contributed by atoms with E-state index in [4.69, 9.17) is 10.5 Å². The van der Waals surface area contributed by atoms with E-state index in [-0.39, 0.29) is 5.91 Å². The number of carbonyl (C=O) groups excluding carboxylic acids is 1. The fraction of sp³-hybridized carbons (Fsp3) is 0.692. The fourth-order valence-electron chi connectivity index (χ4n) is 1.96. The third-order valence-corrected chi connectivity index (χ3v) is 3.06. The van der Waals surface area contributed by atoms with Crippen molar-refractivity contribution in [1.29, 1.82) is 0 Å². The molecule has 0 aromatic carbocycles. The van der Waals surface area contributed by atoms with Gasteiger partial charge in [0.15, 0.2) is 0 Å². The van der Waals surface area contributed by atoms with Crippen LogP contribution in [0.1, 0.15) is 16.9 Å². The molecule has 7 heteroatoms. The van der Waals surface area contributed by atoms with Gasteiger partial charge in [0.2, 0.25) is 0 Å². The Bertz CT molecular complexity index is 411. The molecule has 1 aromatic rings. The predicted octanol–water partition coefficient (Wildman–Crippen LogP) is 0.0426. The first-order valence-electron chi connectivity index (χ1n) is 6.67. The van der Waals surface area contributed by atoms with Crippen molar-refractivity contribution in [2.45, 2.75) is 6.42 Å². The van der Waals surface area contributed by atoms with Crippen LogP contribution in [0.5, 0.6) is 0 Å². The fourth-order valence-corrected chi connectivity index (χ4v) is 1.96. The van der Waals surface area contributed by atoms with E-state index in [1.807, 2.05) is 14.1 Å². The van der Waals surface area contributed by atoms with E-state index in [0.29, 0.717) is 31.1 Å². The van der Waals surface area contributed by atoms with Crippen molar-refractivity contribution in [3.05, 3.63) is 11.9 Å². The van der Waals surface area contributed by atoms with Gasteiger partial charge in [-0.3, -0.25) is 9.48 Å². The third-order valence-electron chi connectivity index (χ3n) is 3.06. The van der Waals surface area contributed by atoms with Gasteiger partial charge >= 0.3 is 0 Å². The molecule has 0 aliphatic heterocycles. The smallest absolute Gasteiger partial charge is 0.274 e.